The van der Waals surface area contributed by atoms with Crippen LogP contribution in [0.25, 0.3) is 0 Å². The van der Waals surface area contributed by atoms with Gasteiger partial charge in [-0.1, -0.05) is 30.3 Å². The van der Waals surface area contributed by atoms with E-state index in [-0.39, 0.29) is 43.0 Å². The minimum Gasteiger partial charge on any atom is -0.364 e. The lowest BCUT2D eigenvalue weighted by Crippen LogP contribution is -2.54. The van der Waals surface area contributed by atoms with Gasteiger partial charge < -0.3 is 19.4 Å². The van der Waals surface area contributed by atoms with Crippen molar-refractivity contribution in [2.24, 2.45) is 0 Å². The molecule has 3 saturated heterocycles. The molecule has 2 atom stereocenters. The second-order valence-electron chi connectivity index (χ2n) is 7.46. The van der Waals surface area contributed by atoms with E-state index in [9.17, 15) is 14.4 Å². The number of fused-ring (bicyclic) bond motifs is 1. The Labute approximate surface area is 158 Å². The maximum Gasteiger partial charge on any atom is 0.248 e. The third-order valence-electron chi connectivity index (χ3n) is 5.71. The van der Waals surface area contributed by atoms with Crippen LogP contribution in [0.1, 0.15) is 18.4 Å². The normalized spacial score (nSPS) is 25.3. The molecule has 3 aliphatic heterocycles. The molecule has 144 valence electrons. The number of hydrogen-bond acceptors (Lipinski definition) is 4. The van der Waals surface area contributed by atoms with Gasteiger partial charge in [-0.15, -0.1) is 0 Å². The highest BCUT2D eigenvalue weighted by atomic mass is 16.5. The molecule has 0 bridgehead atoms. The van der Waals surface area contributed by atoms with Crippen LogP contribution >= 0.6 is 0 Å². The molecule has 3 aliphatic rings. The molecule has 4 rings (SSSR count). The molecule has 1 aromatic rings. The number of carbonyl (C=O) groups excluding carboxylic acids is 3. The molecule has 0 aliphatic carbocycles. The lowest BCUT2D eigenvalue weighted by Gasteiger charge is -2.36. The van der Waals surface area contributed by atoms with Crippen LogP contribution in [0.4, 0.5) is 0 Å². The summed E-state index contributed by atoms with van der Waals surface area (Å²) in [6.45, 7) is 2.45. The van der Waals surface area contributed by atoms with Crippen molar-refractivity contribution in [2.45, 2.75) is 31.4 Å². The summed E-state index contributed by atoms with van der Waals surface area (Å²) in [6.07, 6.45) is 1.99. The highest BCUT2D eigenvalue weighted by molar-refractivity contribution is 5.86. The van der Waals surface area contributed by atoms with E-state index in [1.807, 2.05) is 23.1 Å². The average Bonchev–Trinajstić information content (AvgIpc) is 3.28. The number of hydrogen-bond donors (Lipinski definition) is 0. The van der Waals surface area contributed by atoms with Gasteiger partial charge in [0.1, 0.15) is 6.61 Å². The second-order valence-corrected chi connectivity index (χ2v) is 7.46. The van der Waals surface area contributed by atoms with Crippen LogP contribution in [0.5, 0.6) is 0 Å². The topological polar surface area (TPSA) is 70.2 Å². The summed E-state index contributed by atoms with van der Waals surface area (Å²) in [6, 6.07) is 9.97. The largest absolute Gasteiger partial charge is 0.364 e. The number of amides is 3. The first kappa shape index (κ1) is 18.0. The minimum absolute atomic E-state index is 0.0174. The molecular weight excluding hydrogens is 346 g/mol. The zero-order valence-electron chi connectivity index (χ0n) is 15.4. The highest BCUT2D eigenvalue weighted by Crippen LogP contribution is 2.24. The molecule has 0 aromatic heterocycles. The molecule has 27 heavy (non-hydrogen) atoms. The second kappa shape index (κ2) is 7.68. The van der Waals surface area contributed by atoms with Crippen molar-refractivity contribution in [3.05, 3.63) is 35.9 Å². The van der Waals surface area contributed by atoms with Crippen LogP contribution in [0.15, 0.2) is 30.3 Å². The molecular formula is C20H25N3O4. The molecule has 3 amide bonds. The van der Waals surface area contributed by atoms with Gasteiger partial charge in [0.15, 0.2) is 0 Å². The van der Waals surface area contributed by atoms with Crippen molar-refractivity contribution in [1.82, 2.24) is 14.7 Å². The van der Waals surface area contributed by atoms with Crippen LogP contribution in [0.3, 0.4) is 0 Å². The summed E-state index contributed by atoms with van der Waals surface area (Å²) >= 11 is 0. The zero-order chi connectivity index (χ0) is 18.8. The average molecular weight is 371 g/mol. The van der Waals surface area contributed by atoms with Gasteiger partial charge >= 0.3 is 0 Å². The van der Waals surface area contributed by atoms with Gasteiger partial charge in [-0.05, 0) is 18.4 Å². The fourth-order valence-corrected chi connectivity index (χ4v) is 4.19. The van der Waals surface area contributed by atoms with Gasteiger partial charge in [0, 0.05) is 32.6 Å². The van der Waals surface area contributed by atoms with Crippen molar-refractivity contribution in [3.8, 4) is 0 Å². The van der Waals surface area contributed by atoms with Crippen LogP contribution in [0, 0.1) is 0 Å². The van der Waals surface area contributed by atoms with Crippen LogP contribution < -0.4 is 0 Å². The van der Waals surface area contributed by atoms with Crippen molar-refractivity contribution in [3.63, 3.8) is 0 Å². The van der Waals surface area contributed by atoms with E-state index in [2.05, 4.69) is 12.1 Å². The number of carbonyl (C=O) groups is 3. The highest BCUT2D eigenvalue weighted by Gasteiger charge is 2.44. The van der Waals surface area contributed by atoms with E-state index in [1.54, 1.807) is 9.80 Å². The van der Waals surface area contributed by atoms with Crippen LogP contribution in [-0.2, 0) is 25.5 Å². The van der Waals surface area contributed by atoms with Crippen molar-refractivity contribution >= 4 is 17.7 Å². The molecule has 0 spiro atoms. The molecule has 0 N–H and O–H groups in total. The Morgan fingerprint density at radius 3 is 2.67 bits per heavy atom. The smallest absolute Gasteiger partial charge is 0.248 e. The first-order valence-electron chi connectivity index (χ1n) is 9.62. The lowest BCUT2D eigenvalue weighted by atomic mass is 10.1. The predicted octanol–water partition coefficient (Wildman–Crippen LogP) is 0.290. The van der Waals surface area contributed by atoms with Crippen molar-refractivity contribution in [1.29, 1.82) is 0 Å². The summed E-state index contributed by atoms with van der Waals surface area (Å²) in [7, 11) is 0. The molecule has 3 fully saturated rings. The Bertz CT molecular complexity index is 723. The number of rotatable bonds is 5. The molecule has 3 heterocycles. The first-order valence-corrected chi connectivity index (χ1v) is 9.62. The Balaban J connectivity index is 1.38. The number of likely N-dealkylation sites (tertiary alicyclic amines) is 2. The zero-order valence-corrected chi connectivity index (χ0v) is 15.4. The third-order valence-corrected chi connectivity index (χ3v) is 5.71. The molecule has 7 heteroatoms. The lowest BCUT2D eigenvalue weighted by molar-refractivity contribution is -0.152. The molecule has 1 aromatic carbocycles. The van der Waals surface area contributed by atoms with E-state index in [1.165, 1.54) is 5.56 Å². The number of nitrogens with zero attached hydrogens (tertiary/aromatic N) is 3. The van der Waals surface area contributed by atoms with E-state index in [4.69, 9.17) is 4.74 Å². The van der Waals surface area contributed by atoms with Gasteiger partial charge in [-0.3, -0.25) is 14.4 Å². The van der Waals surface area contributed by atoms with Gasteiger partial charge in [-0.2, -0.15) is 0 Å². The molecule has 0 radical (unpaired) electrons. The summed E-state index contributed by atoms with van der Waals surface area (Å²) < 4.78 is 5.70. The number of benzene rings is 1. The Hall–Kier alpha value is -2.41. The summed E-state index contributed by atoms with van der Waals surface area (Å²) in [5.41, 5.74) is 1.19. The first-order chi connectivity index (χ1) is 13.1. The summed E-state index contributed by atoms with van der Waals surface area (Å²) in [5.74, 6) is -0.0224. The Kier molecular flexibility index (Phi) is 5.11. The van der Waals surface area contributed by atoms with Gasteiger partial charge in [0.2, 0.25) is 17.7 Å². The van der Waals surface area contributed by atoms with Crippen molar-refractivity contribution < 1.29 is 19.1 Å². The predicted molar refractivity (Wildman–Crippen MR) is 97.8 cm³/mol. The van der Waals surface area contributed by atoms with E-state index < -0.39 is 0 Å². The SMILES string of the molecule is O=C1CCCN1CC(=O)N1C[C@@H]2OCC(=O)N(CCc3ccccc3)[C@H]2C1. The van der Waals surface area contributed by atoms with Crippen LogP contribution in [0.2, 0.25) is 0 Å². The Morgan fingerprint density at radius 2 is 1.93 bits per heavy atom. The quantitative estimate of drug-likeness (QED) is 0.746. The van der Waals surface area contributed by atoms with E-state index in [0.29, 0.717) is 32.6 Å². The fourth-order valence-electron chi connectivity index (χ4n) is 4.19. The van der Waals surface area contributed by atoms with Crippen molar-refractivity contribution in [2.75, 3.05) is 39.3 Å². The monoisotopic (exact) mass is 371 g/mol. The molecule has 0 unspecified atom stereocenters. The molecule has 0 saturated carbocycles. The van der Waals surface area contributed by atoms with Crippen LogP contribution in [-0.4, -0.2) is 83.9 Å². The Morgan fingerprint density at radius 1 is 1.11 bits per heavy atom. The molecule has 7 nitrogen and oxygen atoms in total. The third kappa shape index (κ3) is 3.83. The van der Waals surface area contributed by atoms with Gasteiger partial charge in [0.25, 0.3) is 0 Å². The standard InChI is InChI=1S/C20H25N3O4/c24-18-7-4-9-21(18)13-19(25)22-11-16-17(12-22)27-14-20(26)23(16)10-8-15-5-2-1-3-6-15/h1-3,5-6,16-17H,4,7-14H2/t16-,17-/m0/s1. The number of ether oxygens (including phenoxy) is 1. The number of morpholine rings is 1. The van der Waals surface area contributed by atoms with Gasteiger partial charge in [0.05, 0.1) is 18.7 Å². The van der Waals surface area contributed by atoms with E-state index in [0.717, 1.165) is 12.8 Å². The van der Waals surface area contributed by atoms with Gasteiger partial charge in [-0.25, -0.2) is 0 Å². The summed E-state index contributed by atoms with van der Waals surface area (Å²) in [5, 5.41) is 0. The van der Waals surface area contributed by atoms with E-state index >= 15 is 0 Å². The minimum atomic E-state index is -0.142. The maximum absolute atomic E-state index is 12.6. The summed E-state index contributed by atoms with van der Waals surface area (Å²) in [4.78, 5) is 42.0. The maximum atomic E-state index is 12.6. The fraction of sp³-hybridized carbons (Fsp3) is 0.550.